The monoisotopic (exact) mass is 485 g/mol. The topological polar surface area (TPSA) is 118 Å². The molecule has 35 heavy (non-hydrogen) atoms. The molecular weight excluding hydrogens is 463 g/mol. The van der Waals surface area contributed by atoms with Crippen LogP contribution in [0.25, 0.3) is 22.1 Å². The molecule has 0 saturated carbocycles. The lowest BCUT2D eigenvalue weighted by atomic mass is 9.99. The summed E-state index contributed by atoms with van der Waals surface area (Å²) in [4.78, 5) is 27.3. The summed E-state index contributed by atoms with van der Waals surface area (Å²) in [6.07, 6.45) is -0.881. The highest BCUT2D eigenvalue weighted by Gasteiger charge is 2.35. The van der Waals surface area contributed by atoms with Gasteiger partial charge >= 0.3 is 12.1 Å². The number of aliphatic imine (C=N–C) groups is 1. The van der Waals surface area contributed by atoms with E-state index in [0.717, 1.165) is 18.1 Å². The average molecular weight is 485 g/mol. The van der Waals surface area contributed by atoms with Gasteiger partial charge in [0.2, 0.25) is 5.91 Å². The van der Waals surface area contributed by atoms with Gasteiger partial charge in [-0.2, -0.15) is 13.2 Å². The second-order valence-corrected chi connectivity index (χ2v) is 8.22. The molecule has 1 aliphatic rings. The van der Waals surface area contributed by atoms with Gasteiger partial charge in [0.05, 0.1) is 23.5 Å². The molecule has 0 bridgehead atoms. The molecule has 2 aromatic carbocycles. The molecule has 182 valence electrons. The molecule has 0 radical (unpaired) electrons. The predicted octanol–water partition coefficient (Wildman–Crippen LogP) is 5.25. The first-order valence-corrected chi connectivity index (χ1v) is 10.8. The van der Waals surface area contributed by atoms with Crippen molar-refractivity contribution < 1.29 is 32.3 Å². The van der Waals surface area contributed by atoms with E-state index in [1.54, 1.807) is 6.20 Å². The maximum atomic E-state index is 13.8. The van der Waals surface area contributed by atoms with Crippen molar-refractivity contribution in [2.24, 2.45) is 10.7 Å². The molecule has 0 aliphatic carbocycles. The number of amidine groups is 1. The smallest absolute Gasteiger partial charge is 0.420 e. The number of allylic oxidation sites excluding steroid dienone is 1. The lowest BCUT2D eigenvalue weighted by molar-refractivity contribution is -0.136. The molecule has 2 heterocycles. The molecule has 7 nitrogen and oxygen atoms in total. The molecule has 1 aliphatic heterocycles. The van der Waals surface area contributed by atoms with Crippen LogP contribution in [0.5, 0.6) is 0 Å². The lowest BCUT2D eigenvalue weighted by Gasteiger charge is -2.11. The van der Waals surface area contributed by atoms with E-state index in [4.69, 9.17) is 15.3 Å². The van der Waals surface area contributed by atoms with Crippen LogP contribution in [0, 0.1) is 0 Å². The highest BCUT2D eigenvalue weighted by molar-refractivity contribution is 5.90. The Kier molecular flexibility index (Phi) is 6.63. The number of carboxylic acids is 1. The molecule has 0 saturated heterocycles. The summed E-state index contributed by atoms with van der Waals surface area (Å²) in [5, 5.41) is 11.9. The third-order valence-corrected chi connectivity index (χ3v) is 5.69. The minimum atomic E-state index is -4.67. The van der Waals surface area contributed by atoms with Gasteiger partial charge in [0.1, 0.15) is 11.3 Å². The van der Waals surface area contributed by atoms with Gasteiger partial charge in [0.15, 0.2) is 0 Å². The quantitative estimate of drug-likeness (QED) is 0.423. The Bertz CT molecular complexity index is 1340. The highest BCUT2D eigenvalue weighted by atomic mass is 19.4. The van der Waals surface area contributed by atoms with Crippen molar-refractivity contribution in [1.29, 1.82) is 0 Å². The van der Waals surface area contributed by atoms with E-state index in [1.165, 1.54) is 36.4 Å². The Labute approximate surface area is 198 Å². The van der Waals surface area contributed by atoms with Crippen LogP contribution in [0.4, 0.5) is 13.2 Å². The minimum absolute atomic E-state index is 0.0313. The van der Waals surface area contributed by atoms with Gasteiger partial charge in [-0.05, 0) is 54.3 Å². The summed E-state index contributed by atoms with van der Waals surface area (Å²) in [5.74, 6) is -0.643. The van der Waals surface area contributed by atoms with Crippen molar-refractivity contribution in [2.75, 3.05) is 0 Å². The van der Waals surface area contributed by atoms with Crippen LogP contribution >= 0.6 is 0 Å². The lowest BCUT2D eigenvalue weighted by Crippen LogP contribution is -2.22. The Morgan fingerprint density at radius 1 is 1.09 bits per heavy atom. The van der Waals surface area contributed by atoms with Gasteiger partial charge in [-0.3, -0.25) is 4.79 Å². The number of fused-ring (bicyclic) bond motifs is 1. The summed E-state index contributed by atoms with van der Waals surface area (Å²) in [5.41, 5.74) is 6.08. The van der Waals surface area contributed by atoms with Crippen molar-refractivity contribution >= 4 is 28.7 Å². The molecule has 4 rings (SSSR count). The van der Waals surface area contributed by atoms with Crippen LogP contribution in [0.2, 0.25) is 0 Å². The number of alkyl halides is 3. The summed E-state index contributed by atoms with van der Waals surface area (Å²) < 4.78 is 46.8. The molecule has 0 unspecified atom stereocenters. The molecule has 0 spiro atoms. The SMILES string of the molecule is NC1=NC=C(CCC(=O)NCc2cc3cc(-c4ccc(C(=O)O)cc4)cc(C(F)(F)F)c3o2)CC1. The number of nitrogens with two attached hydrogens (primary N) is 1. The maximum Gasteiger partial charge on any atom is 0.420 e. The Morgan fingerprint density at radius 2 is 1.83 bits per heavy atom. The molecule has 3 aromatic rings. The Balaban J connectivity index is 1.52. The Morgan fingerprint density at radius 3 is 2.46 bits per heavy atom. The van der Waals surface area contributed by atoms with Crippen molar-refractivity contribution in [2.45, 2.75) is 38.4 Å². The first-order chi connectivity index (χ1) is 16.6. The zero-order chi connectivity index (χ0) is 25.2. The number of amides is 1. The van der Waals surface area contributed by atoms with Crippen LogP contribution < -0.4 is 11.1 Å². The minimum Gasteiger partial charge on any atom is -0.478 e. The zero-order valence-electron chi connectivity index (χ0n) is 18.5. The number of rotatable bonds is 7. The second-order valence-electron chi connectivity index (χ2n) is 8.22. The molecule has 0 atom stereocenters. The maximum absolute atomic E-state index is 13.8. The van der Waals surface area contributed by atoms with Crippen molar-refractivity contribution in [3.63, 3.8) is 0 Å². The van der Waals surface area contributed by atoms with Gasteiger partial charge < -0.3 is 20.6 Å². The highest BCUT2D eigenvalue weighted by Crippen LogP contribution is 2.39. The van der Waals surface area contributed by atoms with E-state index in [9.17, 15) is 22.8 Å². The standard InChI is InChI=1S/C25H22F3N3O4/c26-25(27,28)20-11-17(15-3-5-16(6-4-15)24(33)34)9-18-10-19(35-23(18)20)13-31-22(32)8-2-14-1-7-21(29)30-12-14/h3-6,9-12H,1-2,7-8,13H2,(H2,29,30)(H,31,32)(H,33,34). The van der Waals surface area contributed by atoms with Gasteiger partial charge in [0.25, 0.3) is 0 Å². The van der Waals surface area contributed by atoms with Crippen LogP contribution in [0.3, 0.4) is 0 Å². The van der Waals surface area contributed by atoms with Gasteiger partial charge in [0, 0.05) is 24.4 Å². The molecule has 4 N–H and O–H groups in total. The second kappa shape index (κ2) is 9.65. The number of nitrogens with zero attached hydrogens (tertiary/aromatic N) is 1. The van der Waals surface area contributed by atoms with Gasteiger partial charge in [-0.25, -0.2) is 9.79 Å². The van der Waals surface area contributed by atoms with Crippen LogP contribution in [-0.2, 0) is 17.5 Å². The normalized spacial score (nSPS) is 13.9. The molecule has 1 amide bonds. The van der Waals surface area contributed by atoms with E-state index in [0.29, 0.717) is 24.2 Å². The average Bonchev–Trinajstić information content (AvgIpc) is 3.24. The van der Waals surface area contributed by atoms with Gasteiger partial charge in [-0.15, -0.1) is 0 Å². The number of halogens is 3. The molecule has 0 fully saturated rings. The number of carboxylic acid groups (broad SMARTS) is 1. The molecular formula is C25H22F3N3O4. The van der Waals surface area contributed by atoms with E-state index in [2.05, 4.69) is 10.3 Å². The number of hydrogen-bond donors (Lipinski definition) is 3. The number of nitrogens with one attached hydrogen (secondary N) is 1. The zero-order valence-corrected chi connectivity index (χ0v) is 18.5. The summed E-state index contributed by atoms with van der Waals surface area (Å²) in [6, 6.07) is 9.53. The largest absolute Gasteiger partial charge is 0.478 e. The van der Waals surface area contributed by atoms with Crippen LogP contribution in [0.15, 0.2) is 63.6 Å². The molecule has 10 heteroatoms. The number of benzene rings is 2. The number of aromatic carboxylic acids is 1. The fraction of sp³-hybridized carbons (Fsp3) is 0.240. The number of furan rings is 1. The first kappa shape index (κ1) is 24.1. The number of carbonyl (C=O) groups is 2. The first-order valence-electron chi connectivity index (χ1n) is 10.8. The van der Waals surface area contributed by atoms with E-state index >= 15 is 0 Å². The molecule has 1 aromatic heterocycles. The van der Waals surface area contributed by atoms with Crippen molar-refractivity contribution in [3.05, 3.63) is 71.1 Å². The van der Waals surface area contributed by atoms with Gasteiger partial charge in [-0.1, -0.05) is 17.7 Å². The van der Waals surface area contributed by atoms with Crippen molar-refractivity contribution in [3.8, 4) is 11.1 Å². The Hall–Kier alpha value is -4.08. The fourth-order valence-corrected chi connectivity index (χ4v) is 3.81. The van der Waals surface area contributed by atoms with Crippen LogP contribution in [-0.4, -0.2) is 22.8 Å². The predicted molar refractivity (Wildman–Crippen MR) is 124 cm³/mol. The number of hydrogen-bond acceptors (Lipinski definition) is 5. The summed E-state index contributed by atoms with van der Waals surface area (Å²) in [6.45, 7) is -0.0579. The number of carbonyl (C=O) groups excluding carboxylic acids is 1. The third-order valence-electron chi connectivity index (χ3n) is 5.69. The van der Waals surface area contributed by atoms with Crippen molar-refractivity contribution in [1.82, 2.24) is 5.32 Å². The third kappa shape index (κ3) is 5.71. The summed E-state index contributed by atoms with van der Waals surface area (Å²) in [7, 11) is 0. The van der Waals surface area contributed by atoms with E-state index in [-0.39, 0.29) is 46.7 Å². The van der Waals surface area contributed by atoms with E-state index < -0.39 is 17.7 Å². The fourth-order valence-electron chi connectivity index (χ4n) is 3.81. The summed E-state index contributed by atoms with van der Waals surface area (Å²) >= 11 is 0. The van der Waals surface area contributed by atoms with Crippen LogP contribution in [0.1, 0.15) is 47.4 Å². The van der Waals surface area contributed by atoms with E-state index in [1.807, 2.05) is 0 Å².